The highest BCUT2D eigenvalue weighted by Gasteiger charge is 2.34. The number of hydrogen-bond donors (Lipinski definition) is 3. The van der Waals surface area contributed by atoms with Crippen LogP contribution in [-0.2, 0) is 32.1 Å². The summed E-state index contributed by atoms with van der Waals surface area (Å²) in [5.74, 6) is -1.42. The van der Waals surface area contributed by atoms with Crippen molar-refractivity contribution in [2.75, 3.05) is 13.2 Å². The second-order valence-electron chi connectivity index (χ2n) is 8.36. The molecule has 2 aliphatic heterocycles. The van der Waals surface area contributed by atoms with E-state index in [1.54, 1.807) is 18.7 Å². The molecular weight excluding hydrogens is 386 g/mol. The van der Waals surface area contributed by atoms with E-state index in [1.807, 2.05) is 18.2 Å². The lowest BCUT2D eigenvalue weighted by atomic mass is 9.98. The molecule has 0 fully saturated rings. The van der Waals surface area contributed by atoms with Gasteiger partial charge in [-0.25, -0.2) is 0 Å². The van der Waals surface area contributed by atoms with Gasteiger partial charge in [-0.2, -0.15) is 0 Å². The topological polar surface area (TPSA) is 112 Å². The Kier molecular flexibility index (Phi) is 5.11. The fourth-order valence-corrected chi connectivity index (χ4v) is 4.11. The predicted molar refractivity (Wildman–Crippen MR) is 109 cm³/mol. The van der Waals surface area contributed by atoms with Crippen LogP contribution < -0.4 is 5.32 Å². The minimum absolute atomic E-state index is 0.140. The van der Waals surface area contributed by atoms with Crippen LogP contribution in [-0.4, -0.2) is 57.4 Å². The van der Waals surface area contributed by atoms with Crippen LogP contribution in [0.5, 0.6) is 0 Å². The van der Waals surface area contributed by atoms with Gasteiger partial charge in [0.1, 0.15) is 11.6 Å². The van der Waals surface area contributed by atoms with Crippen LogP contribution in [0.3, 0.4) is 0 Å². The standard InChI is InChI=1S/C22H25N3O5/c1-22(2)10-13(27)9-19(30-22)20(28)24-18(12-26)21(29)25-8-7-15-14-5-3-4-6-16(14)23-17(15)11-25/h3-6,9,18,23,26H,7-8,10-12H2,1-2H3,(H,24,28)/t18-/m0/s1. The smallest absolute Gasteiger partial charge is 0.287 e. The molecule has 2 aromatic rings. The molecule has 0 unspecified atom stereocenters. The maximum Gasteiger partial charge on any atom is 0.287 e. The third-order valence-electron chi connectivity index (χ3n) is 5.48. The molecule has 3 N–H and O–H groups in total. The van der Waals surface area contributed by atoms with Gasteiger partial charge in [0.2, 0.25) is 5.91 Å². The van der Waals surface area contributed by atoms with E-state index >= 15 is 0 Å². The quantitative estimate of drug-likeness (QED) is 0.700. The molecule has 158 valence electrons. The van der Waals surface area contributed by atoms with Crippen LogP contribution in [0.2, 0.25) is 0 Å². The van der Waals surface area contributed by atoms with E-state index in [-0.39, 0.29) is 23.9 Å². The first kappa shape index (κ1) is 20.2. The number of carbonyl (C=O) groups is 3. The van der Waals surface area contributed by atoms with E-state index in [0.29, 0.717) is 19.5 Å². The molecule has 0 radical (unpaired) electrons. The first-order valence-electron chi connectivity index (χ1n) is 10.00. The Labute approximate surface area is 173 Å². The van der Waals surface area contributed by atoms with Gasteiger partial charge in [0, 0.05) is 35.6 Å². The lowest BCUT2D eigenvalue weighted by molar-refractivity contribution is -0.139. The molecule has 8 nitrogen and oxygen atoms in total. The fourth-order valence-electron chi connectivity index (χ4n) is 4.11. The van der Waals surface area contributed by atoms with Crippen molar-refractivity contribution in [2.45, 2.75) is 44.9 Å². The molecular formula is C22H25N3O5. The molecule has 0 spiro atoms. The van der Waals surface area contributed by atoms with E-state index in [4.69, 9.17) is 4.74 Å². The summed E-state index contributed by atoms with van der Waals surface area (Å²) >= 11 is 0. The number of carbonyl (C=O) groups excluding carboxylic acids is 3. The lowest BCUT2D eigenvalue weighted by Gasteiger charge is -2.32. The summed E-state index contributed by atoms with van der Waals surface area (Å²) in [6, 6.07) is 6.88. The highest BCUT2D eigenvalue weighted by Crippen LogP contribution is 2.28. The molecule has 3 heterocycles. The summed E-state index contributed by atoms with van der Waals surface area (Å²) < 4.78 is 5.57. The van der Waals surface area contributed by atoms with Gasteiger partial charge in [0.05, 0.1) is 13.2 Å². The Bertz CT molecular complexity index is 1050. The molecule has 2 aliphatic rings. The number of rotatable bonds is 4. The molecule has 1 atom stereocenters. The zero-order valence-corrected chi connectivity index (χ0v) is 17.0. The number of aliphatic hydroxyl groups excluding tert-OH is 1. The van der Waals surface area contributed by atoms with Crippen LogP contribution in [0, 0.1) is 0 Å². The third-order valence-corrected chi connectivity index (χ3v) is 5.48. The number of allylic oxidation sites excluding steroid dienone is 1. The van der Waals surface area contributed by atoms with Crippen LogP contribution in [0.15, 0.2) is 36.1 Å². The van der Waals surface area contributed by atoms with Crippen molar-refractivity contribution in [1.29, 1.82) is 0 Å². The maximum atomic E-state index is 13.0. The first-order valence-corrected chi connectivity index (χ1v) is 10.00. The van der Waals surface area contributed by atoms with Crippen molar-refractivity contribution in [3.63, 3.8) is 0 Å². The number of hydrogen-bond acceptors (Lipinski definition) is 5. The number of nitrogens with one attached hydrogen (secondary N) is 2. The Morgan fingerprint density at radius 3 is 2.83 bits per heavy atom. The Morgan fingerprint density at radius 1 is 1.33 bits per heavy atom. The number of aromatic nitrogens is 1. The average Bonchev–Trinajstić information content (AvgIpc) is 3.07. The molecule has 1 aromatic heterocycles. The number of ether oxygens (including phenoxy) is 1. The normalized spacial score (nSPS) is 19.0. The van der Waals surface area contributed by atoms with Gasteiger partial charge >= 0.3 is 0 Å². The van der Waals surface area contributed by atoms with Crippen molar-refractivity contribution in [1.82, 2.24) is 15.2 Å². The average molecular weight is 411 g/mol. The zero-order chi connectivity index (χ0) is 21.5. The molecule has 1 aromatic carbocycles. The van der Waals surface area contributed by atoms with Crippen LogP contribution in [0.1, 0.15) is 31.5 Å². The van der Waals surface area contributed by atoms with Crippen molar-refractivity contribution < 1.29 is 24.2 Å². The number of H-pyrrole nitrogens is 1. The third kappa shape index (κ3) is 3.82. The summed E-state index contributed by atoms with van der Waals surface area (Å²) in [7, 11) is 0. The summed E-state index contributed by atoms with van der Waals surface area (Å²) in [5.41, 5.74) is 2.39. The Morgan fingerprint density at radius 2 is 2.10 bits per heavy atom. The minimum Gasteiger partial charge on any atom is -0.482 e. The minimum atomic E-state index is -1.12. The number of aliphatic hydroxyl groups is 1. The lowest BCUT2D eigenvalue weighted by Crippen LogP contribution is -2.52. The molecule has 0 bridgehead atoms. The largest absolute Gasteiger partial charge is 0.482 e. The van der Waals surface area contributed by atoms with Gasteiger partial charge in [0.15, 0.2) is 11.5 Å². The molecule has 0 aliphatic carbocycles. The van der Waals surface area contributed by atoms with Gasteiger partial charge in [-0.1, -0.05) is 18.2 Å². The predicted octanol–water partition coefficient (Wildman–Crippen LogP) is 1.18. The highest BCUT2D eigenvalue weighted by molar-refractivity contribution is 6.03. The van der Waals surface area contributed by atoms with Gasteiger partial charge in [-0.15, -0.1) is 0 Å². The van der Waals surface area contributed by atoms with E-state index in [2.05, 4.69) is 16.4 Å². The number of benzene rings is 1. The molecule has 0 saturated carbocycles. The second-order valence-corrected chi connectivity index (χ2v) is 8.36. The number of aromatic amines is 1. The molecule has 30 heavy (non-hydrogen) atoms. The highest BCUT2D eigenvalue weighted by atomic mass is 16.5. The Hall–Kier alpha value is -3.13. The molecule has 0 saturated heterocycles. The summed E-state index contributed by atoms with van der Waals surface area (Å²) in [6.07, 6.45) is 2.00. The van der Waals surface area contributed by atoms with Crippen molar-refractivity contribution >= 4 is 28.5 Å². The number of para-hydroxylation sites is 1. The summed E-state index contributed by atoms with van der Waals surface area (Å²) in [5, 5.41) is 13.4. The number of amides is 2. The molecule has 2 amide bonds. The summed E-state index contributed by atoms with van der Waals surface area (Å²) in [4.78, 5) is 42.4. The van der Waals surface area contributed by atoms with Gasteiger partial charge in [0.25, 0.3) is 5.91 Å². The maximum absolute atomic E-state index is 13.0. The molecule has 8 heteroatoms. The van der Waals surface area contributed by atoms with Crippen molar-refractivity contribution in [3.05, 3.63) is 47.4 Å². The second kappa shape index (κ2) is 7.60. The molecule has 4 rings (SSSR count). The number of ketones is 1. The number of nitrogens with zero attached hydrogens (tertiary/aromatic N) is 1. The van der Waals surface area contributed by atoms with Crippen LogP contribution in [0.25, 0.3) is 10.9 Å². The first-order chi connectivity index (χ1) is 14.3. The van der Waals surface area contributed by atoms with E-state index in [0.717, 1.165) is 22.7 Å². The Balaban J connectivity index is 1.47. The van der Waals surface area contributed by atoms with E-state index < -0.39 is 24.2 Å². The van der Waals surface area contributed by atoms with E-state index in [9.17, 15) is 19.5 Å². The van der Waals surface area contributed by atoms with Gasteiger partial charge in [-0.05, 0) is 31.9 Å². The SMILES string of the molecule is CC1(C)CC(=O)C=C(C(=O)N[C@@H](CO)C(=O)N2CCc3c([nH]c4ccccc34)C2)O1. The zero-order valence-electron chi connectivity index (χ0n) is 17.0. The monoisotopic (exact) mass is 411 g/mol. The summed E-state index contributed by atoms with van der Waals surface area (Å²) in [6.45, 7) is 3.74. The van der Waals surface area contributed by atoms with Crippen LogP contribution in [0.4, 0.5) is 0 Å². The number of fused-ring (bicyclic) bond motifs is 3. The van der Waals surface area contributed by atoms with Gasteiger partial charge < -0.3 is 25.0 Å². The van der Waals surface area contributed by atoms with Gasteiger partial charge in [-0.3, -0.25) is 14.4 Å². The van der Waals surface area contributed by atoms with E-state index in [1.165, 1.54) is 5.56 Å². The van der Waals surface area contributed by atoms with Crippen molar-refractivity contribution in [2.24, 2.45) is 0 Å². The fraction of sp³-hybridized carbons (Fsp3) is 0.409. The van der Waals surface area contributed by atoms with Crippen molar-refractivity contribution in [3.8, 4) is 0 Å². The van der Waals surface area contributed by atoms with Crippen LogP contribution >= 0.6 is 0 Å².